The molecule has 0 heterocycles. The van der Waals surface area contributed by atoms with E-state index in [-0.39, 0.29) is 16.8 Å². The van der Waals surface area contributed by atoms with E-state index in [1.165, 1.54) is 29.8 Å². The van der Waals surface area contributed by atoms with Crippen LogP contribution in [0.25, 0.3) is 0 Å². The molecule has 0 saturated carbocycles. The molecule has 0 spiro atoms. The van der Waals surface area contributed by atoms with Crippen molar-refractivity contribution < 1.29 is 13.2 Å². The van der Waals surface area contributed by atoms with Gasteiger partial charge in [0.25, 0.3) is 0 Å². The number of sulfonamides is 1. The Labute approximate surface area is 177 Å². The number of anilines is 1. The van der Waals surface area contributed by atoms with Crippen molar-refractivity contribution in [2.75, 3.05) is 5.32 Å². The summed E-state index contributed by atoms with van der Waals surface area (Å²) in [6.45, 7) is 3.82. The van der Waals surface area contributed by atoms with Gasteiger partial charge in [-0.25, -0.2) is 13.6 Å². The molecule has 4 N–H and O–H groups in total. The zero-order valence-corrected chi connectivity index (χ0v) is 17.7. The van der Waals surface area contributed by atoms with E-state index in [1.807, 2.05) is 49.4 Å². The average molecular weight is 424 g/mol. The molecule has 0 unspecified atom stereocenters. The Hall–Kier alpha value is -3.00. The molecular weight excluding hydrogens is 398 g/mol. The highest BCUT2D eigenvalue weighted by atomic mass is 32.2. The summed E-state index contributed by atoms with van der Waals surface area (Å²) in [6.07, 6.45) is 0. The van der Waals surface area contributed by atoms with Gasteiger partial charge >= 0.3 is 0 Å². The highest BCUT2D eigenvalue weighted by molar-refractivity contribution is 7.89. The fourth-order valence-electron chi connectivity index (χ4n) is 3.09. The van der Waals surface area contributed by atoms with Crippen LogP contribution in [0.5, 0.6) is 0 Å². The lowest BCUT2D eigenvalue weighted by Gasteiger charge is -2.24. The Balaban J connectivity index is 1.75. The third-order valence-corrected chi connectivity index (χ3v) is 5.73. The number of primary sulfonamides is 1. The predicted octanol–water partition coefficient (Wildman–Crippen LogP) is 3.35. The number of carbonyl (C=O) groups is 1. The molecule has 0 fully saturated rings. The van der Waals surface area contributed by atoms with Crippen LogP contribution in [-0.4, -0.2) is 20.4 Å². The number of amides is 1. The Morgan fingerprint density at radius 3 is 2.00 bits per heavy atom. The number of aryl methyl sites for hydroxylation is 1. The second-order valence-corrected chi connectivity index (χ2v) is 8.76. The van der Waals surface area contributed by atoms with E-state index in [9.17, 15) is 13.2 Å². The SMILES string of the molecule is Cc1ccc([C@@H](N[C@@H](C)C(=O)Nc2ccc(S(N)(=O)=O)cc2)c2ccccc2)cc1. The van der Waals surface area contributed by atoms with Crippen LogP contribution in [0.15, 0.2) is 83.8 Å². The van der Waals surface area contributed by atoms with Crippen molar-refractivity contribution in [3.63, 3.8) is 0 Å². The summed E-state index contributed by atoms with van der Waals surface area (Å²) in [4.78, 5) is 12.7. The van der Waals surface area contributed by atoms with Gasteiger partial charge in [-0.3, -0.25) is 10.1 Å². The number of rotatable bonds is 7. The highest BCUT2D eigenvalue weighted by Gasteiger charge is 2.21. The van der Waals surface area contributed by atoms with Crippen LogP contribution in [0, 0.1) is 6.92 Å². The molecule has 156 valence electrons. The van der Waals surface area contributed by atoms with Gasteiger partial charge in [-0.05, 0) is 49.2 Å². The number of benzene rings is 3. The first-order valence-corrected chi connectivity index (χ1v) is 11.1. The summed E-state index contributed by atoms with van der Waals surface area (Å²) in [5.74, 6) is -0.230. The molecule has 3 rings (SSSR count). The van der Waals surface area contributed by atoms with Crippen LogP contribution in [-0.2, 0) is 14.8 Å². The highest BCUT2D eigenvalue weighted by Crippen LogP contribution is 2.23. The van der Waals surface area contributed by atoms with E-state index in [2.05, 4.69) is 22.8 Å². The molecule has 2 atom stereocenters. The maximum Gasteiger partial charge on any atom is 0.241 e. The smallest absolute Gasteiger partial charge is 0.241 e. The van der Waals surface area contributed by atoms with Crippen LogP contribution in [0.1, 0.15) is 29.7 Å². The molecule has 0 radical (unpaired) electrons. The van der Waals surface area contributed by atoms with Crippen LogP contribution < -0.4 is 15.8 Å². The second-order valence-electron chi connectivity index (χ2n) is 7.20. The Bertz CT molecular complexity index is 1100. The minimum absolute atomic E-state index is 0.00446. The molecule has 30 heavy (non-hydrogen) atoms. The first-order chi connectivity index (χ1) is 14.2. The molecule has 6 nitrogen and oxygen atoms in total. The first kappa shape index (κ1) is 21.7. The van der Waals surface area contributed by atoms with E-state index in [4.69, 9.17) is 5.14 Å². The molecule has 0 aromatic heterocycles. The average Bonchev–Trinajstić information content (AvgIpc) is 2.73. The van der Waals surface area contributed by atoms with Gasteiger partial charge in [0.05, 0.1) is 17.0 Å². The van der Waals surface area contributed by atoms with Gasteiger partial charge in [0.2, 0.25) is 15.9 Å². The summed E-state index contributed by atoms with van der Waals surface area (Å²) < 4.78 is 22.7. The minimum Gasteiger partial charge on any atom is -0.325 e. The van der Waals surface area contributed by atoms with Gasteiger partial charge in [-0.1, -0.05) is 60.2 Å². The quantitative estimate of drug-likeness (QED) is 0.542. The summed E-state index contributed by atoms with van der Waals surface area (Å²) >= 11 is 0. The number of hydrogen-bond donors (Lipinski definition) is 3. The third kappa shape index (κ3) is 5.54. The standard InChI is InChI=1S/C23H25N3O3S/c1-16-8-10-19(11-9-16)22(18-6-4-3-5-7-18)25-17(2)23(27)26-20-12-14-21(15-13-20)30(24,28)29/h3-15,17,22,25H,1-2H3,(H,26,27)(H2,24,28,29)/t17-,22-/m0/s1. The van der Waals surface area contributed by atoms with Gasteiger partial charge < -0.3 is 5.32 Å². The first-order valence-electron chi connectivity index (χ1n) is 9.55. The molecule has 0 saturated heterocycles. The lowest BCUT2D eigenvalue weighted by molar-refractivity contribution is -0.117. The van der Waals surface area contributed by atoms with Gasteiger partial charge in [0.15, 0.2) is 0 Å². The van der Waals surface area contributed by atoms with Crippen molar-refractivity contribution >= 4 is 21.6 Å². The Kier molecular flexibility index (Phi) is 6.66. The predicted molar refractivity (Wildman–Crippen MR) is 119 cm³/mol. The van der Waals surface area contributed by atoms with Gasteiger partial charge in [-0.15, -0.1) is 0 Å². The molecule has 0 aliphatic carbocycles. The van der Waals surface area contributed by atoms with E-state index < -0.39 is 16.1 Å². The number of nitrogens with two attached hydrogens (primary N) is 1. The normalized spacial score (nSPS) is 13.4. The van der Waals surface area contributed by atoms with E-state index in [0.29, 0.717) is 5.69 Å². The van der Waals surface area contributed by atoms with Crippen molar-refractivity contribution in [1.29, 1.82) is 0 Å². The number of hydrogen-bond acceptors (Lipinski definition) is 4. The maximum atomic E-state index is 12.7. The van der Waals surface area contributed by atoms with Crippen molar-refractivity contribution in [1.82, 2.24) is 5.32 Å². The van der Waals surface area contributed by atoms with Gasteiger partial charge in [0, 0.05) is 5.69 Å². The molecule has 3 aromatic rings. The molecule has 0 aliphatic rings. The lowest BCUT2D eigenvalue weighted by Crippen LogP contribution is -2.40. The zero-order valence-electron chi connectivity index (χ0n) is 16.9. The second kappa shape index (κ2) is 9.21. The minimum atomic E-state index is -3.77. The van der Waals surface area contributed by atoms with E-state index in [0.717, 1.165) is 11.1 Å². The molecule has 7 heteroatoms. The molecule has 0 bridgehead atoms. The van der Waals surface area contributed by atoms with Crippen molar-refractivity contribution in [3.8, 4) is 0 Å². The molecule has 0 aliphatic heterocycles. The van der Waals surface area contributed by atoms with Crippen LogP contribution in [0.3, 0.4) is 0 Å². The Morgan fingerprint density at radius 1 is 0.867 bits per heavy atom. The lowest BCUT2D eigenvalue weighted by atomic mass is 9.97. The summed E-state index contributed by atoms with van der Waals surface area (Å²) in [7, 11) is -3.77. The molecule has 3 aromatic carbocycles. The summed E-state index contributed by atoms with van der Waals surface area (Å²) in [5.41, 5.74) is 3.77. The number of nitrogens with one attached hydrogen (secondary N) is 2. The monoisotopic (exact) mass is 423 g/mol. The fraction of sp³-hybridized carbons (Fsp3) is 0.174. The summed E-state index contributed by atoms with van der Waals surface area (Å²) in [5, 5.41) is 11.3. The zero-order chi connectivity index (χ0) is 21.7. The van der Waals surface area contributed by atoms with Crippen LogP contribution in [0.2, 0.25) is 0 Å². The van der Waals surface area contributed by atoms with Gasteiger partial charge in [-0.2, -0.15) is 0 Å². The number of carbonyl (C=O) groups excluding carboxylic acids is 1. The van der Waals surface area contributed by atoms with Crippen molar-refractivity contribution in [2.24, 2.45) is 5.14 Å². The van der Waals surface area contributed by atoms with Crippen LogP contribution in [0.4, 0.5) is 5.69 Å². The third-order valence-electron chi connectivity index (χ3n) is 4.80. The van der Waals surface area contributed by atoms with Crippen molar-refractivity contribution in [2.45, 2.75) is 30.8 Å². The van der Waals surface area contributed by atoms with Gasteiger partial charge in [0.1, 0.15) is 0 Å². The van der Waals surface area contributed by atoms with E-state index >= 15 is 0 Å². The largest absolute Gasteiger partial charge is 0.325 e. The summed E-state index contributed by atoms with van der Waals surface area (Å²) in [6, 6.07) is 23.2. The molecular formula is C23H25N3O3S. The Morgan fingerprint density at radius 2 is 1.43 bits per heavy atom. The fourth-order valence-corrected chi connectivity index (χ4v) is 3.61. The van der Waals surface area contributed by atoms with Crippen molar-refractivity contribution in [3.05, 3.63) is 95.6 Å². The van der Waals surface area contributed by atoms with E-state index in [1.54, 1.807) is 6.92 Å². The topological polar surface area (TPSA) is 101 Å². The molecule has 1 amide bonds. The van der Waals surface area contributed by atoms with Crippen LogP contribution >= 0.6 is 0 Å². The maximum absolute atomic E-state index is 12.7.